The third-order valence-electron chi connectivity index (χ3n) is 2.21. The molecule has 0 aliphatic carbocycles. The number of aryl methyl sites for hydroxylation is 1. The smallest absolute Gasteiger partial charge is 0.273 e. The standard InChI is InChI=1S/C10H9F2N3O2S2/c1-5-9(18-10(13)14-5)19(16,17)15-8-6(11)3-2-4-7(8)12/h2-4,15H,1H3,(H2,13,14). The minimum atomic E-state index is -4.12. The molecule has 0 atom stereocenters. The summed E-state index contributed by atoms with van der Waals surface area (Å²) in [4.78, 5) is 3.75. The van der Waals surface area contributed by atoms with Crippen LogP contribution >= 0.6 is 11.3 Å². The highest BCUT2D eigenvalue weighted by molar-refractivity contribution is 7.94. The van der Waals surface area contributed by atoms with Crippen molar-refractivity contribution in [2.45, 2.75) is 11.1 Å². The Morgan fingerprint density at radius 3 is 2.37 bits per heavy atom. The number of aromatic nitrogens is 1. The Kier molecular flexibility index (Phi) is 3.42. The summed E-state index contributed by atoms with van der Waals surface area (Å²) in [5, 5.41) is 0.0619. The van der Waals surface area contributed by atoms with E-state index < -0.39 is 27.3 Å². The molecule has 2 aromatic rings. The Labute approximate surface area is 112 Å². The molecule has 0 saturated carbocycles. The van der Waals surface area contributed by atoms with E-state index in [-0.39, 0.29) is 15.0 Å². The average Bonchev–Trinajstić information content (AvgIpc) is 2.64. The fraction of sp³-hybridized carbons (Fsp3) is 0.100. The quantitative estimate of drug-likeness (QED) is 0.909. The van der Waals surface area contributed by atoms with Gasteiger partial charge < -0.3 is 5.73 Å². The molecule has 0 bridgehead atoms. The molecule has 3 N–H and O–H groups in total. The minimum absolute atomic E-state index is 0.0619. The first kappa shape index (κ1) is 13.7. The number of nitrogens with two attached hydrogens (primary N) is 1. The normalized spacial score (nSPS) is 11.5. The minimum Gasteiger partial charge on any atom is -0.375 e. The Morgan fingerprint density at radius 1 is 1.32 bits per heavy atom. The van der Waals surface area contributed by atoms with Crippen LogP contribution in [0.5, 0.6) is 0 Å². The molecule has 9 heteroatoms. The molecule has 0 aliphatic heterocycles. The van der Waals surface area contributed by atoms with Crippen LogP contribution in [0.25, 0.3) is 0 Å². The zero-order chi connectivity index (χ0) is 14.2. The van der Waals surface area contributed by atoms with Gasteiger partial charge >= 0.3 is 0 Å². The fourth-order valence-corrected chi connectivity index (χ4v) is 3.80. The summed E-state index contributed by atoms with van der Waals surface area (Å²) in [5.74, 6) is -2.00. The first-order chi connectivity index (χ1) is 8.81. The van der Waals surface area contributed by atoms with Crippen LogP contribution in [0, 0.1) is 18.6 Å². The predicted octanol–water partition coefficient (Wildman–Crippen LogP) is 2.11. The maximum absolute atomic E-state index is 13.4. The van der Waals surface area contributed by atoms with E-state index in [0.29, 0.717) is 0 Å². The third-order valence-corrected chi connectivity index (χ3v) is 5.16. The van der Waals surface area contributed by atoms with E-state index in [0.717, 1.165) is 29.5 Å². The van der Waals surface area contributed by atoms with Crippen LogP contribution < -0.4 is 10.5 Å². The number of para-hydroxylation sites is 1. The van der Waals surface area contributed by atoms with Crippen molar-refractivity contribution < 1.29 is 17.2 Å². The highest BCUT2D eigenvalue weighted by atomic mass is 32.2. The van der Waals surface area contributed by atoms with Crippen LogP contribution in [0.4, 0.5) is 19.6 Å². The summed E-state index contributed by atoms with van der Waals surface area (Å²) < 4.78 is 52.5. The number of thiazole rings is 1. The topological polar surface area (TPSA) is 85.1 Å². The van der Waals surface area contributed by atoms with Gasteiger partial charge in [0, 0.05) is 0 Å². The zero-order valence-corrected chi connectivity index (χ0v) is 11.3. The van der Waals surface area contributed by atoms with Gasteiger partial charge in [0.05, 0.1) is 5.69 Å². The van der Waals surface area contributed by atoms with E-state index in [1.807, 2.05) is 4.72 Å². The van der Waals surface area contributed by atoms with Crippen molar-refractivity contribution in [2.24, 2.45) is 0 Å². The lowest BCUT2D eigenvalue weighted by atomic mass is 10.3. The summed E-state index contributed by atoms with van der Waals surface area (Å²) in [7, 11) is -4.12. The predicted molar refractivity (Wildman–Crippen MR) is 68.4 cm³/mol. The Balaban J connectivity index is 2.45. The molecule has 0 radical (unpaired) electrons. The number of nitrogen functional groups attached to an aromatic ring is 1. The molecule has 1 heterocycles. The van der Waals surface area contributed by atoms with E-state index in [1.54, 1.807) is 0 Å². The Bertz CT molecular complexity index is 708. The van der Waals surface area contributed by atoms with Crippen molar-refractivity contribution in [3.05, 3.63) is 35.5 Å². The molecule has 0 unspecified atom stereocenters. The van der Waals surface area contributed by atoms with E-state index in [2.05, 4.69) is 4.98 Å². The molecule has 0 fully saturated rings. The molecule has 0 aliphatic rings. The zero-order valence-electron chi connectivity index (χ0n) is 9.65. The second-order valence-corrected chi connectivity index (χ2v) is 6.54. The van der Waals surface area contributed by atoms with Crippen molar-refractivity contribution in [1.82, 2.24) is 4.98 Å². The van der Waals surface area contributed by atoms with Crippen LogP contribution in [0.15, 0.2) is 22.4 Å². The first-order valence-corrected chi connectivity index (χ1v) is 7.31. The van der Waals surface area contributed by atoms with Crippen molar-refractivity contribution in [3.8, 4) is 0 Å². The van der Waals surface area contributed by atoms with Gasteiger partial charge in [0.2, 0.25) is 0 Å². The van der Waals surface area contributed by atoms with Gasteiger partial charge in [-0.1, -0.05) is 17.4 Å². The van der Waals surface area contributed by atoms with Gasteiger partial charge in [-0.25, -0.2) is 22.2 Å². The van der Waals surface area contributed by atoms with Gasteiger partial charge in [0.1, 0.15) is 17.3 Å². The number of hydrogen-bond donors (Lipinski definition) is 2. The number of sulfonamides is 1. The van der Waals surface area contributed by atoms with E-state index in [1.165, 1.54) is 6.92 Å². The second kappa shape index (κ2) is 4.74. The molecule has 0 saturated heterocycles. The number of hydrogen-bond acceptors (Lipinski definition) is 5. The molecular weight excluding hydrogens is 296 g/mol. The number of nitrogens with one attached hydrogen (secondary N) is 1. The van der Waals surface area contributed by atoms with Crippen molar-refractivity contribution in [2.75, 3.05) is 10.5 Å². The molecular formula is C10H9F2N3O2S2. The summed E-state index contributed by atoms with van der Waals surface area (Å²) >= 11 is 0.724. The van der Waals surface area contributed by atoms with Crippen LogP contribution in [-0.4, -0.2) is 13.4 Å². The SMILES string of the molecule is Cc1nc(N)sc1S(=O)(=O)Nc1c(F)cccc1F. The lowest BCUT2D eigenvalue weighted by Gasteiger charge is -2.08. The molecule has 1 aromatic heterocycles. The van der Waals surface area contributed by atoms with Gasteiger partial charge in [0.15, 0.2) is 9.34 Å². The van der Waals surface area contributed by atoms with Gasteiger partial charge in [-0.05, 0) is 19.1 Å². The van der Waals surface area contributed by atoms with Crippen molar-refractivity contribution >= 4 is 32.2 Å². The largest absolute Gasteiger partial charge is 0.375 e. The highest BCUT2D eigenvalue weighted by Crippen LogP contribution is 2.28. The van der Waals surface area contributed by atoms with Gasteiger partial charge in [0.25, 0.3) is 10.0 Å². The van der Waals surface area contributed by atoms with E-state index >= 15 is 0 Å². The number of halogens is 2. The van der Waals surface area contributed by atoms with E-state index in [4.69, 9.17) is 5.73 Å². The van der Waals surface area contributed by atoms with Crippen molar-refractivity contribution in [3.63, 3.8) is 0 Å². The molecule has 0 amide bonds. The molecule has 0 spiro atoms. The van der Waals surface area contributed by atoms with Gasteiger partial charge in [-0.3, -0.25) is 4.72 Å². The molecule has 2 rings (SSSR count). The maximum Gasteiger partial charge on any atom is 0.273 e. The van der Waals surface area contributed by atoms with Crippen LogP contribution in [0.2, 0.25) is 0 Å². The summed E-state index contributed by atoms with van der Waals surface area (Å²) in [5.41, 5.74) is 4.84. The van der Waals surface area contributed by atoms with E-state index in [9.17, 15) is 17.2 Å². The lowest BCUT2D eigenvalue weighted by Crippen LogP contribution is -2.15. The Morgan fingerprint density at radius 2 is 1.89 bits per heavy atom. The van der Waals surface area contributed by atoms with Crippen LogP contribution in [0.1, 0.15) is 5.69 Å². The summed E-state index contributed by atoms with van der Waals surface area (Å²) in [6, 6.07) is 3.04. The maximum atomic E-state index is 13.4. The number of anilines is 2. The second-order valence-electron chi connectivity index (χ2n) is 3.63. The number of benzene rings is 1. The van der Waals surface area contributed by atoms with Crippen LogP contribution in [-0.2, 0) is 10.0 Å². The molecule has 102 valence electrons. The Hall–Kier alpha value is -1.74. The lowest BCUT2D eigenvalue weighted by molar-refractivity contribution is 0.583. The number of nitrogens with zero attached hydrogens (tertiary/aromatic N) is 1. The summed E-state index contributed by atoms with van der Waals surface area (Å²) in [6.07, 6.45) is 0. The number of rotatable bonds is 3. The molecule has 1 aromatic carbocycles. The average molecular weight is 305 g/mol. The highest BCUT2D eigenvalue weighted by Gasteiger charge is 2.24. The molecule has 5 nitrogen and oxygen atoms in total. The van der Waals surface area contributed by atoms with Gasteiger partial charge in [-0.15, -0.1) is 0 Å². The first-order valence-electron chi connectivity index (χ1n) is 5.01. The van der Waals surface area contributed by atoms with Crippen LogP contribution in [0.3, 0.4) is 0 Å². The monoisotopic (exact) mass is 305 g/mol. The molecule has 19 heavy (non-hydrogen) atoms. The summed E-state index contributed by atoms with van der Waals surface area (Å²) in [6.45, 7) is 1.44. The van der Waals surface area contributed by atoms with Crippen molar-refractivity contribution in [1.29, 1.82) is 0 Å². The fourth-order valence-electron chi connectivity index (χ4n) is 1.43. The third kappa shape index (κ3) is 2.66. The van der Waals surface area contributed by atoms with Gasteiger partial charge in [-0.2, -0.15) is 0 Å².